The van der Waals surface area contributed by atoms with Gasteiger partial charge in [-0.25, -0.2) is 4.98 Å². The second-order valence-corrected chi connectivity index (χ2v) is 9.84. The minimum absolute atomic E-state index is 0.0819. The van der Waals surface area contributed by atoms with Gasteiger partial charge in [0.25, 0.3) is 5.91 Å². The lowest BCUT2D eigenvalue weighted by molar-refractivity contribution is 0.0714. The molecular formula is C22H26N4O2S. The number of hydrogen-bond acceptors (Lipinski definition) is 6. The summed E-state index contributed by atoms with van der Waals surface area (Å²) in [5.74, 6) is 1.99. The highest BCUT2D eigenvalue weighted by Gasteiger charge is 2.33. The van der Waals surface area contributed by atoms with Gasteiger partial charge in [0.1, 0.15) is 11.9 Å². The summed E-state index contributed by atoms with van der Waals surface area (Å²) in [5, 5.41) is 10.0. The Morgan fingerprint density at radius 3 is 2.69 bits per heavy atom. The molecular weight excluding hydrogens is 384 g/mol. The molecule has 2 aliphatic rings. The molecule has 4 rings (SSSR count). The van der Waals surface area contributed by atoms with E-state index in [9.17, 15) is 10.1 Å². The number of anilines is 1. The Kier molecular flexibility index (Phi) is 5.30. The Labute approximate surface area is 175 Å². The molecule has 0 N–H and O–H groups in total. The number of aromatic nitrogens is 1. The van der Waals surface area contributed by atoms with Crippen molar-refractivity contribution in [2.45, 2.75) is 44.1 Å². The van der Waals surface area contributed by atoms with Gasteiger partial charge in [-0.05, 0) is 36.1 Å². The lowest BCUT2D eigenvalue weighted by atomic mass is 9.91. The molecule has 2 aromatic heterocycles. The van der Waals surface area contributed by atoms with Crippen LogP contribution in [0.25, 0.3) is 0 Å². The molecule has 29 heavy (non-hydrogen) atoms. The summed E-state index contributed by atoms with van der Waals surface area (Å²) in [4.78, 5) is 21.4. The van der Waals surface area contributed by atoms with Crippen LogP contribution in [0.3, 0.4) is 0 Å². The van der Waals surface area contributed by atoms with Crippen LogP contribution in [-0.2, 0) is 18.6 Å². The Bertz CT molecular complexity index is 954. The Morgan fingerprint density at radius 1 is 1.31 bits per heavy atom. The highest BCUT2D eigenvalue weighted by Crippen LogP contribution is 2.42. The van der Waals surface area contributed by atoms with Crippen molar-refractivity contribution in [3.8, 4) is 6.07 Å². The SMILES string of the molecule is CCc1nc(N2CCN(C(=O)c3ccco3)CC2)c(C#N)c2c1CSC(C)(C)C2. The van der Waals surface area contributed by atoms with Crippen LogP contribution in [0.2, 0.25) is 0 Å². The van der Waals surface area contributed by atoms with E-state index in [0.717, 1.165) is 35.7 Å². The first-order valence-electron chi connectivity index (χ1n) is 10.1. The molecule has 6 nitrogen and oxygen atoms in total. The topological polar surface area (TPSA) is 73.4 Å². The molecule has 0 spiro atoms. The summed E-state index contributed by atoms with van der Waals surface area (Å²) in [5.41, 5.74) is 4.25. The number of amides is 1. The summed E-state index contributed by atoms with van der Waals surface area (Å²) < 4.78 is 5.37. The van der Waals surface area contributed by atoms with Gasteiger partial charge in [-0.2, -0.15) is 17.0 Å². The van der Waals surface area contributed by atoms with E-state index in [1.165, 1.54) is 17.4 Å². The maximum absolute atomic E-state index is 12.5. The van der Waals surface area contributed by atoms with E-state index in [1.807, 2.05) is 11.8 Å². The van der Waals surface area contributed by atoms with Crippen molar-refractivity contribution in [2.75, 3.05) is 31.1 Å². The zero-order chi connectivity index (χ0) is 20.6. The monoisotopic (exact) mass is 410 g/mol. The number of fused-ring (bicyclic) bond motifs is 1. The number of rotatable bonds is 3. The van der Waals surface area contributed by atoms with E-state index < -0.39 is 0 Å². The summed E-state index contributed by atoms with van der Waals surface area (Å²) >= 11 is 1.94. The standard InChI is InChI=1S/C22H26N4O2S/c1-4-18-17-14-29-22(2,3)12-15(17)16(13-23)20(24-18)25-7-9-26(10-8-25)21(27)19-6-5-11-28-19/h5-6,11H,4,7-10,12,14H2,1-3H3. The van der Waals surface area contributed by atoms with Gasteiger partial charge < -0.3 is 14.2 Å². The molecule has 1 fully saturated rings. The van der Waals surface area contributed by atoms with Crippen molar-refractivity contribution in [1.29, 1.82) is 5.26 Å². The summed E-state index contributed by atoms with van der Waals surface area (Å²) in [6.07, 6.45) is 3.26. The van der Waals surface area contributed by atoms with Gasteiger partial charge in [0.05, 0.1) is 11.8 Å². The third kappa shape index (κ3) is 3.74. The van der Waals surface area contributed by atoms with Crippen molar-refractivity contribution >= 4 is 23.5 Å². The fourth-order valence-electron chi connectivity index (χ4n) is 4.14. The highest BCUT2D eigenvalue weighted by atomic mass is 32.2. The average molecular weight is 411 g/mol. The molecule has 0 aliphatic carbocycles. The number of nitrogens with zero attached hydrogens (tertiary/aromatic N) is 4. The zero-order valence-corrected chi connectivity index (χ0v) is 18.0. The van der Waals surface area contributed by atoms with Crippen molar-refractivity contribution in [1.82, 2.24) is 9.88 Å². The molecule has 0 aromatic carbocycles. The second-order valence-electron chi connectivity index (χ2n) is 8.16. The molecule has 2 aliphatic heterocycles. The molecule has 7 heteroatoms. The van der Waals surface area contributed by atoms with Gasteiger partial charge in [0.2, 0.25) is 0 Å². The maximum Gasteiger partial charge on any atom is 0.289 e. The van der Waals surface area contributed by atoms with E-state index in [1.54, 1.807) is 17.0 Å². The molecule has 0 saturated carbocycles. The quantitative estimate of drug-likeness (QED) is 0.769. The maximum atomic E-state index is 12.5. The van der Waals surface area contributed by atoms with Crippen molar-refractivity contribution < 1.29 is 9.21 Å². The van der Waals surface area contributed by atoms with Crippen LogP contribution in [0.5, 0.6) is 0 Å². The number of piperazine rings is 1. The van der Waals surface area contributed by atoms with Gasteiger partial charge in [0, 0.05) is 42.4 Å². The molecule has 0 radical (unpaired) electrons. The number of furan rings is 1. The van der Waals surface area contributed by atoms with E-state index in [2.05, 4.69) is 31.7 Å². The lowest BCUT2D eigenvalue weighted by Gasteiger charge is -2.37. The first-order valence-corrected chi connectivity index (χ1v) is 11.1. The molecule has 0 atom stereocenters. The fraction of sp³-hybridized carbons (Fsp3) is 0.500. The predicted molar refractivity (Wildman–Crippen MR) is 114 cm³/mol. The van der Waals surface area contributed by atoms with Crippen molar-refractivity contribution in [3.63, 3.8) is 0 Å². The molecule has 152 valence electrons. The number of pyridine rings is 1. The van der Waals surface area contributed by atoms with Crippen LogP contribution in [-0.4, -0.2) is 46.7 Å². The van der Waals surface area contributed by atoms with Crippen LogP contribution < -0.4 is 4.90 Å². The zero-order valence-electron chi connectivity index (χ0n) is 17.2. The minimum atomic E-state index is -0.0819. The van der Waals surface area contributed by atoms with E-state index in [0.29, 0.717) is 31.9 Å². The number of nitriles is 1. The van der Waals surface area contributed by atoms with Gasteiger partial charge >= 0.3 is 0 Å². The van der Waals surface area contributed by atoms with Gasteiger partial charge in [-0.1, -0.05) is 20.8 Å². The Morgan fingerprint density at radius 2 is 2.07 bits per heavy atom. The number of hydrogen-bond donors (Lipinski definition) is 0. The highest BCUT2D eigenvalue weighted by molar-refractivity contribution is 7.99. The smallest absolute Gasteiger partial charge is 0.289 e. The van der Waals surface area contributed by atoms with E-state index in [4.69, 9.17) is 9.40 Å². The van der Waals surface area contributed by atoms with Gasteiger partial charge in [-0.3, -0.25) is 4.79 Å². The molecule has 1 amide bonds. The van der Waals surface area contributed by atoms with Crippen LogP contribution in [0.15, 0.2) is 22.8 Å². The molecule has 0 unspecified atom stereocenters. The fourth-order valence-corrected chi connectivity index (χ4v) is 5.26. The first kappa shape index (κ1) is 19.8. The van der Waals surface area contributed by atoms with Crippen molar-refractivity contribution in [2.24, 2.45) is 0 Å². The molecule has 0 bridgehead atoms. The van der Waals surface area contributed by atoms with E-state index in [-0.39, 0.29) is 10.7 Å². The largest absolute Gasteiger partial charge is 0.459 e. The molecule has 2 aromatic rings. The van der Waals surface area contributed by atoms with Crippen molar-refractivity contribution in [3.05, 3.63) is 46.5 Å². The van der Waals surface area contributed by atoms with Crippen LogP contribution in [0.1, 0.15) is 53.7 Å². The summed E-state index contributed by atoms with van der Waals surface area (Å²) in [7, 11) is 0. The molecule has 4 heterocycles. The third-order valence-electron chi connectivity index (χ3n) is 5.73. The Balaban J connectivity index is 1.61. The number of carbonyl (C=O) groups is 1. The Hall–Kier alpha value is -2.46. The third-order valence-corrected chi connectivity index (χ3v) is 7.09. The predicted octanol–water partition coefficient (Wildman–Crippen LogP) is 3.64. The van der Waals surface area contributed by atoms with Crippen LogP contribution in [0.4, 0.5) is 5.82 Å². The first-order chi connectivity index (χ1) is 13.9. The second kappa shape index (κ2) is 7.75. The number of thioether (sulfide) groups is 1. The average Bonchev–Trinajstić information content (AvgIpc) is 3.26. The van der Waals surface area contributed by atoms with Gasteiger partial charge in [-0.15, -0.1) is 0 Å². The normalized spacial score (nSPS) is 18.3. The van der Waals surface area contributed by atoms with Crippen LogP contribution >= 0.6 is 11.8 Å². The van der Waals surface area contributed by atoms with Crippen LogP contribution in [0, 0.1) is 11.3 Å². The minimum Gasteiger partial charge on any atom is -0.459 e. The summed E-state index contributed by atoms with van der Waals surface area (Å²) in [6, 6.07) is 5.88. The van der Waals surface area contributed by atoms with E-state index >= 15 is 0 Å². The number of aryl methyl sites for hydroxylation is 1. The van der Waals surface area contributed by atoms with Gasteiger partial charge in [0.15, 0.2) is 5.76 Å². The number of carbonyl (C=O) groups excluding carboxylic acids is 1. The summed E-state index contributed by atoms with van der Waals surface area (Å²) in [6.45, 7) is 9.11. The lowest BCUT2D eigenvalue weighted by Crippen LogP contribution is -2.49. The molecule has 1 saturated heterocycles.